The van der Waals surface area contributed by atoms with Crippen molar-refractivity contribution in [3.8, 4) is 11.6 Å². The zero-order valence-electron chi connectivity index (χ0n) is 15.5. The van der Waals surface area contributed by atoms with E-state index in [9.17, 15) is 4.79 Å². The second-order valence-corrected chi connectivity index (χ2v) is 15.6. The third-order valence-electron chi connectivity index (χ3n) is 4.85. The van der Waals surface area contributed by atoms with Crippen molar-refractivity contribution in [1.82, 2.24) is 0 Å². The number of ketones is 1. The molecular formula is C25H18BrOPS. The van der Waals surface area contributed by atoms with Gasteiger partial charge in [-0.1, -0.05) is 0 Å². The molecular weight excluding hydrogens is 459 g/mol. The van der Waals surface area contributed by atoms with E-state index >= 15 is 0 Å². The number of carbonyl (C=O) groups excluding carboxylic acids is 1. The number of benzene rings is 3. The van der Waals surface area contributed by atoms with Crippen molar-refractivity contribution in [3.63, 3.8) is 0 Å². The number of thiophene rings is 1. The van der Waals surface area contributed by atoms with Gasteiger partial charge in [0.1, 0.15) is 0 Å². The molecule has 1 aromatic heterocycles. The molecule has 0 N–H and O–H groups in total. The van der Waals surface area contributed by atoms with Gasteiger partial charge in [-0.25, -0.2) is 0 Å². The zero-order chi connectivity index (χ0) is 20.2. The van der Waals surface area contributed by atoms with Crippen molar-refractivity contribution in [2.45, 2.75) is 0 Å². The van der Waals surface area contributed by atoms with Gasteiger partial charge in [-0.2, -0.15) is 0 Å². The van der Waals surface area contributed by atoms with Crippen LogP contribution in [0, 0.1) is 11.6 Å². The predicted octanol–water partition coefficient (Wildman–Crippen LogP) is 5.73. The van der Waals surface area contributed by atoms with E-state index in [0.717, 1.165) is 15.9 Å². The molecule has 4 heteroatoms. The van der Waals surface area contributed by atoms with Crippen molar-refractivity contribution in [2.24, 2.45) is 0 Å². The Kier molecular flexibility index (Phi) is 5.52. The van der Waals surface area contributed by atoms with Crippen LogP contribution in [0.25, 0.3) is 0 Å². The first-order valence-corrected chi connectivity index (χ1v) is 14.3. The van der Waals surface area contributed by atoms with E-state index < -0.39 is 5.31 Å². The number of hydrogen-bond donors (Lipinski definition) is 0. The number of hydrogen-bond acceptors (Lipinski definition) is 2. The van der Waals surface area contributed by atoms with Crippen molar-refractivity contribution in [2.75, 3.05) is 0 Å². The molecule has 0 unspecified atom stereocenters. The Hall–Kier alpha value is -2.50. The van der Waals surface area contributed by atoms with Gasteiger partial charge in [-0.05, 0) is 0 Å². The summed E-state index contributed by atoms with van der Waals surface area (Å²) in [4.78, 5) is 13.5. The van der Waals surface area contributed by atoms with E-state index in [1.54, 1.807) is 0 Å². The Morgan fingerprint density at radius 2 is 1.14 bits per heavy atom. The second-order valence-electron chi connectivity index (χ2n) is 6.56. The minimum absolute atomic E-state index is 0.156. The van der Waals surface area contributed by atoms with Gasteiger partial charge in [0.15, 0.2) is 0 Å². The average Bonchev–Trinajstić information content (AvgIpc) is 3.34. The molecule has 0 aliphatic heterocycles. The van der Waals surface area contributed by atoms with E-state index in [4.69, 9.17) is 0 Å². The summed E-state index contributed by atoms with van der Waals surface area (Å²) in [6, 6.07) is 34.4. The van der Waals surface area contributed by atoms with Gasteiger partial charge in [-0.3, -0.25) is 0 Å². The molecule has 4 rings (SSSR count). The van der Waals surface area contributed by atoms with Gasteiger partial charge in [0.05, 0.1) is 0 Å². The van der Waals surface area contributed by atoms with E-state index in [1.807, 2.05) is 72.1 Å². The van der Waals surface area contributed by atoms with Crippen LogP contribution in [0.1, 0.15) is 9.67 Å². The average molecular weight is 477 g/mol. The second kappa shape index (κ2) is 8.09. The van der Waals surface area contributed by atoms with E-state index in [1.165, 1.54) is 11.3 Å². The summed E-state index contributed by atoms with van der Waals surface area (Å²) in [6.45, 7) is 0. The predicted molar refractivity (Wildman–Crippen MR) is 131 cm³/mol. The van der Waals surface area contributed by atoms with Crippen molar-refractivity contribution in [3.05, 3.63) is 113 Å². The third-order valence-corrected chi connectivity index (χ3v) is 14.3. The molecule has 0 bridgehead atoms. The maximum absolute atomic E-state index is 12.8. The fraction of sp³-hybridized carbons (Fsp3) is 0. The van der Waals surface area contributed by atoms with Crippen molar-refractivity contribution in [1.29, 1.82) is 0 Å². The van der Waals surface area contributed by atoms with Gasteiger partial charge in [0.2, 0.25) is 0 Å². The maximum atomic E-state index is 12.8. The fourth-order valence-electron chi connectivity index (χ4n) is 3.39. The van der Waals surface area contributed by atoms with Gasteiger partial charge in [0.25, 0.3) is 0 Å². The van der Waals surface area contributed by atoms with Crippen LogP contribution in [0.2, 0.25) is 0 Å². The van der Waals surface area contributed by atoms with Gasteiger partial charge in [-0.15, -0.1) is 0 Å². The topological polar surface area (TPSA) is 17.1 Å². The molecule has 0 spiro atoms. The summed E-state index contributed by atoms with van der Waals surface area (Å²) in [7, 11) is 0. The first-order chi connectivity index (χ1) is 14.1. The molecule has 1 nitrogen and oxygen atoms in total. The van der Waals surface area contributed by atoms with Crippen LogP contribution < -0.4 is 15.9 Å². The standard InChI is InChI=1S/C25H18BrOPS/c26-28(21-11-4-1-5-12-21,22-13-6-2-7-14-22,23-15-8-3-9-16-23)19-18-24(27)25-17-10-20-29-25/h1-17,20H. The zero-order valence-corrected chi connectivity index (χ0v) is 18.8. The van der Waals surface area contributed by atoms with Crippen LogP contribution in [0.15, 0.2) is 109 Å². The van der Waals surface area contributed by atoms with E-state index in [2.05, 4.69) is 63.5 Å². The number of carbonyl (C=O) groups is 1. The summed E-state index contributed by atoms with van der Waals surface area (Å²) in [5.41, 5.74) is 3.50. The molecule has 4 aromatic rings. The van der Waals surface area contributed by atoms with Gasteiger partial charge in [0, 0.05) is 0 Å². The van der Waals surface area contributed by atoms with Crippen LogP contribution in [-0.4, -0.2) is 5.78 Å². The monoisotopic (exact) mass is 476 g/mol. The Bertz CT molecular complexity index is 1080. The third kappa shape index (κ3) is 3.49. The SMILES string of the molecule is O=C(C#CP(Br)(c1ccccc1)(c1ccccc1)c1ccccc1)c1cccs1. The van der Waals surface area contributed by atoms with Gasteiger partial charge >= 0.3 is 184 Å². The Morgan fingerprint density at radius 1 is 0.690 bits per heavy atom. The molecule has 0 fully saturated rings. The summed E-state index contributed by atoms with van der Waals surface area (Å²) in [6.07, 6.45) is 0. The molecule has 0 saturated carbocycles. The summed E-state index contributed by atoms with van der Waals surface area (Å²) in [5, 5.41) is 1.73. The summed E-state index contributed by atoms with van der Waals surface area (Å²) in [5.74, 6) is 2.84. The van der Waals surface area contributed by atoms with E-state index in [-0.39, 0.29) is 5.78 Å². The van der Waals surface area contributed by atoms with E-state index in [0.29, 0.717) is 4.88 Å². The van der Waals surface area contributed by atoms with Crippen LogP contribution in [0.3, 0.4) is 0 Å². The number of Topliss-reactive ketones (excluding diaryl/α,β-unsaturated/α-hetero) is 1. The number of rotatable bonds is 4. The molecule has 0 aliphatic rings. The Balaban J connectivity index is 2.07. The van der Waals surface area contributed by atoms with Crippen LogP contribution in [0.5, 0.6) is 0 Å². The molecule has 1 heterocycles. The Morgan fingerprint density at radius 3 is 1.52 bits per heavy atom. The molecule has 0 amide bonds. The first kappa shape index (κ1) is 19.8. The number of halogens is 1. The molecule has 0 radical (unpaired) electrons. The van der Waals surface area contributed by atoms with Crippen LogP contribution in [0.4, 0.5) is 0 Å². The van der Waals surface area contributed by atoms with Crippen LogP contribution in [-0.2, 0) is 0 Å². The van der Waals surface area contributed by atoms with Crippen molar-refractivity contribution < 1.29 is 4.79 Å². The van der Waals surface area contributed by atoms with Gasteiger partial charge < -0.3 is 0 Å². The molecule has 29 heavy (non-hydrogen) atoms. The summed E-state index contributed by atoms with van der Waals surface area (Å²) < 4.78 is 0. The quantitative estimate of drug-likeness (QED) is 0.209. The molecule has 3 aromatic carbocycles. The van der Waals surface area contributed by atoms with Crippen molar-refractivity contribution >= 4 is 53.8 Å². The molecule has 142 valence electrons. The summed E-state index contributed by atoms with van der Waals surface area (Å²) >= 11 is 5.63. The Labute approximate surface area is 183 Å². The molecule has 0 atom stereocenters. The molecule has 0 saturated heterocycles. The molecule has 0 aliphatic carbocycles. The normalized spacial score (nSPS) is 12.2. The fourth-order valence-corrected chi connectivity index (χ4v) is 10.2. The minimum atomic E-state index is -3.38. The van der Waals surface area contributed by atoms with Crippen LogP contribution >= 0.6 is 32.1 Å². The first-order valence-electron chi connectivity index (χ1n) is 9.14.